The number of hydrogen-bond acceptors (Lipinski definition) is 19. The molecule has 3 unspecified atom stereocenters. The monoisotopic (exact) mass is 1010 g/mol. The number of aromatic amines is 1. The maximum atomic E-state index is 13.1. The van der Waals surface area contributed by atoms with Crippen LogP contribution in [0, 0.1) is 0 Å². The summed E-state index contributed by atoms with van der Waals surface area (Å²) in [6.07, 6.45) is -5.49. The summed E-state index contributed by atoms with van der Waals surface area (Å²) in [4.78, 5) is 109. The largest absolute Gasteiger partial charge is 0.490 e. The van der Waals surface area contributed by atoms with Crippen LogP contribution in [0.15, 0.2) is 38.5 Å². The summed E-state index contributed by atoms with van der Waals surface area (Å²) in [6, 6.07) is 5.12. The summed E-state index contributed by atoms with van der Waals surface area (Å²) in [6.45, 7) is 7.02. The Morgan fingerprint density at radius 2 is 1.76 bits per heavy atom. The fraction of sp³-hybridized carbons (Fsp3) is 0.528. The molecule has 10 N–H and O–H groups in total. The number of esters is 1. The molecule has 28 nitrogen and oxygen atoms in total. The van der Waals surface area contributed by atoms with E-state index in [4.69, 9.17) is 34.1 Å². The number of nitrogens with one attached hydrogen (secondary N) is 3. The van der Waals surface area contributed by atoms with Crippen LogP contribution in [0.4, 0.5) is 16.4 Å². The van der Waals surface area contributed by atoms with Gasteiger partial charge in [-0.2, -0.15) is 8.62 Å². The van der Waals surface area contributed by atoms with Gasteiger partial charge in [0.05, 0.1) is 20.3 Å². The number of rotatable bonds is 18. The zero-order valence-electron chi connectivity index (χ0n) is 36.4. The topological polar surface area (TPSA) is 397 Å². The van der Waals surface area contributed by atoms with Crippen LogP contribution in [-0.4, -0.2) is 114 Å². The van der Waals surface area contributed by atoms with E-state index in [0.29, 0.717) is 18.4 Å². The van der Waals surface area contributed by atoms with E-state index in [-0.39, 0.29) is 71.7 Å². The van der Waals surface area contributed by atoms with Crippen molar-refractivity contribution in [2.45, 2.75) is 83.0 Å². The second-order valence-electron chi connectivity index (χ2n) is 16.1. The Hall–Kier alpha value is -5.08. The second kappa shape index (κ2) is 19.9. The van der Waals surface area contributed by atoms with Crippen molar-refractivity contribution in [1.82, 2.24) is 25.2 Å². The zero-order valence-corrected chi connectivity index (χ0v) is 39.1. The Balaban J connectivity index is 1.06. The Morgan fingerprint density at radius 1 is 1.06 bits per heavy atom. The van der Waals surface area contributed by atoms with E-state index < -0.39 is 77.9 Å². The van der Waals surface area contributed by atoms with Gasteiger partial charge in [0.2, 0.25) is 17.7 Å². The van der Waals surface area contributed by atoms with Gasteiger partial charge >= 0.3 is 46.8 Å². The van der Waals surface area contributed by atoms with E-state index >= 15 is 0 Å². The maximum Gasteiger partial charge on any atom is 0.490 e. The Morgan fingerprint density at radius 3 is 2.45 bits per heavy atom. The summed E-state index contributed by atoms with van der Waals surface area (Å²) >= 11 is 0. The van der Waals surface area contributed by atoms with Crippen LogP contribution in [0.3, 0.4) is 0 Å². The van der Waals surface area contributed by atoms with Gasteiger partial charge in [0.1, 0.15) is 23.4 Å². The molecule has 4 aromatic rings. The molecule has 2 amide bonds. The van der Waals surface area contributed by atoms with Gasteiger partial charge in [0.25, 0.3) is 11.5 Å². The van der Waals surface area contributed by atoms with Gasteiger partial charge in [0, 0.05) is 48.7 Å². The van der Waals surface area contributed by atoms with Crippen LogP contribution in [0.1, 0.15) is 75.0 Å². The number of aromatic nitrogens is 4. The smallest absolute Gasteiger partial charge is 0.462 e. The molecular formula is C36H50N8O20P3+. The SMILES string of the molecule is CCOC(=O)c1cc2cc3c(cc2oc1=O)N(CCCC(=O)NCCNC(=O)O[C@@H]1[C@H](O)[C@@H](COP(=O)(O)OP(=O)(O)OP(=O)(O)O)O[C@H]1[n+]1cn(C)c2c(=O)[nH]c(N)nc21)C(C)(C)CC3C. The van der Waals surface area contributed by atoms with Crippen molar-refractivity contribution in [3.05, 3.63) is 56.4 Å². The van der Waals surface area contributed by atoms with Gasteiger partial charge in [-0.1, -0.05) is 11.9 Å². The number of aliphatic hydroxyl groups is 1. The number of phosphoric ester groups is 1. The Kier molecular flexibility index (Phi) is 15.2. The van der Waals surface area contributed by atoms with Crippen LogP contribution in [0.25, 0.3) is 22.1 Å². The van der Waals surface area contributed by atoms with E-state index in [1.807, 2.05) is 6.07 Å². The van der Waals surface area contributed by atoms with Crippen molar-refractivity contribution in [2.75, 3.05) is 43.5 Å². The first-order valence-corrected chi connectivity index (χ1v) is 24.9. The van der Waals surface area contributed by atoms with Crippen LogP contribution in [0.2, 0.25) is 0 Å². The number of alkyl carbamates (subject to hydrolysis) is 1. The van der Waals surface area contributed by atoms with Crippen molar-refractivity contribution in [3.63, 3.8) is 0 Å². The van der Waals surface area contributed by atoms with E-state index in [0.717, 1.165) is 22.2 Å². The molecule has 368 valence electrons. The molecular weight excluding hydrogens is 957 g/mol. The lowest BCUT2D eigenvalue weighted by Crippen LogP contribution is -2.49. The van der Waals surface area contributed by atoms with Crippen LogP contribution >= 0.6 is 23.5 Å². The molecule has 0 radical (unpaired) electrons. The van der Waals surface area contributed by atoms with Crippen molar-refractivity contribution in [3.8, 4) is 0 Å². The van der Waals surface area contributed by atoms with E-state index in [2.05, 4.69) is 59.4 Å². The number of carbonyl (C=O) groups excluding carboxylic acids is 3. The van der Waals surface area contributed by atoms with Gasteiger partial charge in [-0.05, 0) is 57.2 Å². The van der Waals surface area contributed by atoms with E-state index in [9.17, 15) is 52.6 Å². The second-order valence-corrected chi connectivity index (χ2v) is 20.6. The number of H-pyrrole nitrogens is 1. The number of ether oxygens (including phenoxy) is 3. The number of fused-ring (bicyclic) bond motifs is 3. The van der Waals surface area contributed by atoms with Gasteiger partial charge in [-0.25, -0.2) is 32.6 Å². The number of nitrogens with zero attached hydrogens (tertiary/aromatic N) is 4. The number of aryl methyl sites for hydroxylation is 1. The number of nitrogen functional groups attached to an aromatic ring is 1. The molecule has 0 bridgehead atoms. The standard InChI is InChI=1S/C36H49N8O20P3/c1-6-58-32(48)21-13-19-12-20-18(2)15-36(3,4)44(22(20)14-23(19)61-33(21)49)11-7-8-25(45)38-9-10-39-35(50)62-28-27(46)24(16-59-66(54,55)64-67(56,57)63-65(51,52)53)60-31(28)43-17-42(5)26-29(43)40-34(37)41-30(26)47/h12-14,17-18,24,27-28,31,46H,6-11,15-16H2,1-5H3,(H8-,37,38,39,40,41,45,47,50,51,52,53,54,55,56,57)/p+1/t18?,24-,27-,28-,31-/m1/s1. The number of hydrogen-bond donors (Lipinski definition) is 9. The first-order chi connectivity index (χ1) is 31.2. The Labute approximate surface area is 378 Å². The van der Waals surface area contributed by atoms with Crippen molar-refractivity contribution < 1.29 is 89.1 Å². The average Bonchev–Trinajstić information content (AvgIpc) is 3.68. The van der Waals surface area contributed by atoms with Crippen LogP contribution in [0.5, 0.6) is 0 Å². The number of imidazole rings is 1. The van der Waals surface area contributed by atoms with Crippen molar-refractivity contribution in [1.29, 1.82) is 0 Å². The third-order valence-electron chi connectivity index (χ3n) is 10.7. The number of anilines is 2. The molecule has 0 saturated carbocycles. The van der Waals surface area contributed by atoms with Crippen molar-refractivity contribution in [2.24, 2.45) is 7.05 Å². The van der Waals surface area contributed by atoms with E-state index in [1.165, 1.54) is 24.0 Å². The molecule has 1 aromatic carbocycles. The zero-order chi connectivity index (χ0) is 49.4. The summed E-state index contributed by atoms with van der Waals surface area (Å²) in [7, 11) is -15.8. The third kappa shape index (κ3) is 12.2. The molecule has 6 rings (SSSR count). The van der Waals surface area contributed by atoms with Gasteiger partial charge < -0.3 is 64.6 Å². The first kappa shape index (κ1) is 51.3. The lowest BCUT2D eigenvalue weighted by Gasteiger charge is -2.47. The third-order valence-corrected chi connectivity index (χ3v) is 14.5. The quantitative estimate of drug-likeness (QED) is 0.0219. The highest BCUT2D eigenvalue weighted by Gasteiger charge is 2.52. The summed E-state index contributed by atoms with van der Waals surface area (Å²) in [5.74, 6) is -1.33. The molecule has 0 aliphatic carbocycles. The van der Waals surface area contributed by atoms with Gasteiger partial charge in [0.15, 0.2) is 12.4 Å². The molecule has 2 aliphatic rings. The molecule has 1 saturated heterocycles. The lowest BCUT2D eigenvalue weighted by molar-refractivity contribution is -0.745. The molecule has 31 heteroatoms. The fourth-order valence-corrected chi connectivity index (χ4v) is 11.1. The van der Waals surface area contributed by atoms with Crippen LogP contribution < -0.4 is 37.0 Å². The fourth-order valence-electron chi connectivity index (χ4n) is 8.02. The molecule has 2 aliphatic heterocycles. The minimum absolute atomic E-state index is 0.0439. The first-order valence-electron chi connectivity index (χ1n) is 20.3. The van der Waals surface area contributed by atoms with Gasteiger partial charge in [-0.15, -0.1) is 0 Å². The summed E-state index contributed by atoms with van der Waals surface area (Å²) < 4.78 is 71.6. The molecule has 1 fully saturated rings. The normalized spacial score (nSPS) is 22.2. The Bertz CT molecular complexity index is 2830. The van der Waals surface area contributed by atoms with Crippen LogP contribution in [-0.2, 0) is 52.9 Å². The number of nitrogens with two attached hydrogens (primary N) is 1. The number of carbonyl (C=O) groups is 3. The predicted molar refractivity (Wildman–Crippen MR) is 229 cm³/mol. The predicted octanol–water partition coefficient (Wildman–Crippen LogP) is 0.800. The number of benzene rings is 1. The lowest BCUT2D eigenvalue weighted by atomic mass is 9.79. The van der Waals surface area contributed by atoms with E-state index in [1.54, 1.807) is 13.0 Å². The number of aliphatic hydroxyl groups excluding tert-OH is 1. The number of amides is 2. The van der Waals surface area contributed by atoms with Crippen molar-refractivity contribution >= 4 is 75.2 Å². The number of phosphoric acid groups is 3. The highest BCUT2D eigenvalue weighted by Crippen LogP contribution is 2.66. The summed E-state index contributed by atoms with van der Waals surface area (Å²) in [5.41, 5.74) is 5.62. The molecule has 67 heavy (non-hydrogen) atoms. The highest BCUT2D eigenvalue weighted by atomic mass is 31.3. The molecule has 0 spiro atoms. The molecule has 5 heterocycles. The molecule has 7 atom stereocenters. The summed E-state index contributed by atoms with van der Waals surface area (Å²) in [5, 5.41) is 16.9. The minimum Gasteiger partial charge on any atom is -0.462 e. The highest BCUT2D eigenvalue weighted by molar-refractivity contribution is 7.66. The van der Waals surface area contributed by atoms with Gasteiger partial charge in [-0.3, -0.25) is 23.7 Å². The maximum absolute atomic E-state index is 13.1. The molecule has 3 aromatic heterocycles. The average molecular weight is 1010 g/mol. The minimum atomic E-state index is -5.89.